The van der Waals surface area contributed by atoms with E-state index < -0.39 is 15.4 Å². The summed E-state index contributed by atoms with van der Waals surface area (Å²) >= 11 is 0. The normalized spacial score (nSPS) is 27.3. The fraction of sp³-hybridized carbons (Fsp3) is 0.647. The molecule has 0 aromatic carbocycles. The summed E-state index contributed by atoms with van der Waals surface area (Å²) in [6.07, 6.45) is 4.42. The summed E-state index contributed by atoms with van der Waals surface area (Å²) in [6, 6.07) is -0.214. The van der Waals surface area contributed by atoms with Crippen LogP contribution in [0.15, 0.2) is 17.0 Å². The number of fused-ring (bicyclic) bond motifs is 1. The van der Waals surface area contributed by atoms with Gasteiger partial charge in [-0.3, -0.25) is 4.79 Å². The van der Waals surface area contributed by atoms with Gasteiger partial charge in [0, 0.05) is 32.4 Å². The van der Waals surface area contributed by atoms with Crippen LogP contribution in [-0.2, 0) is 22.5 Å². The van der Waals surface area contributed by atoms with Crippen LogP contribution in [0.1, 0.15) is 42.0 Å². The van der Waals surface area contributed by atoms with Crippen LogP contribution < -0.4 is 4.72 Å². The molecule has 0 bridgehead atoms. The number of hydrogen-bond acceptors (Lipinski definition) is 7. The minimum absolute atomic E-state index is 0.0320. The third-order valence-corrected chi connectivity index (χ3v) is 7.22. The van der Waals surface area contributed by atoms with Gasteiger partial charge in [0.1, 0.15) is 5.69 Å². The van der Waals surface area contributed by atoms with Crippen LogP contribution >= 0.6 is 0 Å². The third kappa shape index (κ3) is 3.22. The zero-order valence-electron chi connectivity index (χ0n) is 16.1. The lowest BCUT2D eigenvalue weighted by molar-refractivity contribution is 0.0768. The zero-order valence-corrected chi connectivity index (χ0v) is 16.9. The monoisotopic (exact) mass is 408 g/mol. The number of carbonyl (C=O) groups is 1. The first kappa shape index (κ1) is 19.1. The van der Waals surface area contributed by atoms with Crippen molar-refractivity contribution < 1.29 is 17.7 Å². The highest BCUT2D eigenvalue weighted by molar-refractivity contribution is 7.89. The van der Waals surface area contributed by atoms with E-state index in [4.69, 9.17) is 4.52 Å². The molecule has 1 aliphatic carbocycles. The molecule has 3 atom stereocenters. The number of sulfonamides is 1. The smallest absolute Gasteiger partial charge is 0.274 e. The molecule has 10 nitrogen and oxygen atoms in total. The van der Waals surface area contributed by atoms with E-state index in [1.54, 1.807) is 35.8 Å². The highest BCUT2D eigenvalue weighted by Crippen LogP contribution is 2.50. The number of nitrogens with zero attached hydrogens (tertiary/aromatic N) is 5. The molecule has 2 fully saturated rings. The van der Waals surface area contributed by atoms with Crippen LogP contribution in [-0.4, -0.2) is 63.8 Å². The van der Waals surface area contributed by atoms with Crippen LogP contribution in [0.5, 0.6) is 0 Å². The molecule has 2 aliphatic rings. The van der Waals surface area contributed by atoms with Gasteiger partial charge in [-0.1, -0.05) is 5.16 Å². The molecule has 28 heavy (non-hydrogen) atoms. The molecule has 1 amide bonds. The van der Waals surface area contributed by atoms with Crippen LogP contribution in [0.25, 0.3) is 0 Å². The predicted octanol–water partition coefficient (Wildman–Crippen LogP) is 0.223. The van der Waals surface area contributed by atoms with Crippen molar-refractivity contribution in [3.63, 3.8) is 0 Å². The number of hydrogen-bond donors (Lipinski definition) is 1. The van der Waals surface area contributed by atoms with Crippen molar-refractivity contribution in [2.24, 2.45) is 13.0 Å². The lowest BCUT2D eigenvalue weighted by Crippen LogP contribution is -2.40. The second-order valence-corrected chi connectivity index (χ2v) is 9.81. The molecule has 2 aromatic rings. The van der Waals surface area contributed by atoms with Gasteiger partial charge >= 0.3 is 0 Å². The second-order valence-electron chi connectivity index (χ2n) is 7.77. The lowest BCUT2D eigenvalue weighted by atomic mass is 9.80. The Morgan fingerprint density at radius 3 is 2.86 bits per heavy atom. The van der Waals surface area contributed by atoms with Crippen molar-refractivity contribution in [1.29, 1.82) is 0 Å². The predicted molar refractivity (Wildman–Crippen MR) is 98.9 cm³/mol. The van der Waals surface area contributed by atoms with Crippen molar-refractivity contribution in [3.05, 3.63) is 29.9 Å². The molecule has 152 valence electrons. The Morgan fingerprint density at radius 1 is 1.46 bits per heavy atom. The van der Waals surface area contributed by atoms with Crippen LogP contribution in [0.4, 0.5) is 0 Å². The summed E-state index contributed by atoms with van der Waals surface area (Å²) in [4.78, 5) is 23.3. The third-order valence-electron chi connectivity index (χ3n) is 5.77. The zero-order chi connectivity index (χ0) is 20.1. The summed E-state index contributed by atoms with van der Waals surface area (Å²) in [5.74, 6) is 0.922. The van der Waals surface area contributed by atoms with Crippen LogP contribution in [0.2, 0.25) is 0 Å². The number of carbonyl (C=O) groups excluding carboxylic acids is 1. The van der Waals surface area contributed by atoms with Gasteiger partial charge in [-0.05, 0) is 32.6 Å². The molecule has 3 heterocycles. The maximum absolute atomic E-state index is 12.9. The van der Waals surface area contributed by atoms with Crippen LogP contribution in [0.3, 0.4) is 0 Å². The summed E-state index contributed by atoms with van der Waals surface area (Å²) in [5.41, 5.74) is -0.158. The van der Waals surface area contributed by atoms with Gasteiger partial charge in [0.05, 0.1) is 17.5 Å². The molecule has 2 aromatic heterocycles. The van der Waals surface area contributed by atoms with E-state index in [-0.39, 0.29) is 23.6 Å². The molecule has 4 rings (SSSR count). The largest absolute Gasteiger partial charge is 0.340 e. The maximum Gasteiger partial charge on any atom is 0.274 e. The first-order valence-corrected chi connectivity index (χ1v) is 11.0. The van der Waals surface area contributed by atoms with Crippen LogP contribution in [0, 0.1) is 12.8 Å². The van der Waals surface area contributed by atoms with Gasteiger partial charge in [0.15, 0.2) is 5.82 Å². The van der Waals surface area contributed by atoms with E-state index in [9.17, 15) is 13.2 Å². The number of likely N-dealkylation sites (tertiary alicyclic amines) is 1. The number of amides is 1. The highest BCUT2D eigenvalue weighted by atomic mass is 32.2. The van der Waals surface area contributed by atoms with Gasteiger partial charge in [-0.25, -0.2) is 18.1 Å². The fourth-order valence-electron chi connectivity index (χ4n) is 4.47. The molecule has 1 N–H and O–H groups in total. The first-order chi connectivity index (χ1) is 13.2. The molecule has 0 unspecified atom stereocenters. The Morgan fingerprint density at radius 2 is 2.25 bits per heavy atom. The molecule has 1 saturated heterocycles. The second kappa shape index (κ2) is 6.66. The summed E-state index contributed by atoms with van der Waals surface area (Å²) in [5, 5.41) is 3.92. The standard InChI is InChI=1S/C17H24N6O4S/c1-4-28(25,26)21-13-5-12-7-23(15(24)14-8-22(3)10-18-14)9-17(12,6-13)16-19-11(2)20-27-16/h8,10,12-13,21H,4-7,9H2,1-3H3/t12-,13+,17-/m0/s1. The van der Waals surface area contributed by atoms with E-state index in [0.717, 1.165) is 0 Å². The van der Waals surface area contributed by atoms with Crippen molar-refractivity contribution in [1.82, 2.24) is 29.3 Å². The van der Waals surface area contributed by atoms with Gasteiger partial charge in [-0.15, -0.1) is 0 Å². The number of nitrogens with one attached hydrogen (secondary N) is 1. The van der Waals surface area contributed by atoms with E-state index >= 15 is 0 Å². The number of rotatable bonds is 5. The van der Waals surface area contributed by atoms with Crippen molar-refractivity contribution in [2.45, 2.75) is 38.1 Å². The molecule has 0 spiro atoms. The Hall–Kier alpha value is -2.27. The molecular formula is C17H24N6O4S. The Balaban J connectivity index is 1.62. The lowest BCUT2D eigenvalue weighted by Gasteiger charge is -2.25. The van der Waals surface area contributed by atoms with Gasteiger partial charge in [-0.2, -0.15) is 4.98 Å². The Labute approximate surface area is 163 Å². The minimum Gasteiger partial charge on any atom is -0.340 e. The summed E-state index contributed by atoms with van der Waals surface area (Å²) in [7, 11) is -1.50. The quantitative estimate of drug-likeness (QED) is 0.751. The number of aryl methyl sites for hydroxylation is 2. The molecule has 0 radical (unpaired) electrons. The van der Waals surface area contributed by atoms with Crippen molar-refractivity contribution >= 4 is 15.9 Å². The van der Waals surface area contributed by atoms with Gasteiger partial charge in [0.25, 0.3) is 5.91 Å². The minimum atomic E-state index is -3.32. The van der Waals surface area contributed by atoms with E-state index in [1.165, 1.54) is 0 Å². The molecule has 11 heteroatoms. The van der Waals surface area contributed by atoms with E-state index in [0.29, 0.717) is 43.3 Å². The highest BCUT2D eigenvalue weighted by Gasteiger charge is 2.58. The maximum atomic E-state index is 12.9. The van der Waals surface area contributed by atoms with Gasteiger partial charge < -0.3 is 14.0 Å². The van der Waals surface area contributed by atoms with Crippen molar-refractivity contribution in [2.75, 3.05) is 18.8 Å². The topological polar surface area (TPSA) is 123 Å². The summed E-state index contributed by atoms with van der Waals surface area (Å²) < 4.78 is 34.1. The van der Waals surface area contributed by atoms with Gasteiger partial charge in [0.2, 0.25) is 15.9 Å². The molecule has 1 aliphatic heterocycles. The van der Waals surface area contributed by atoms with E-state index in [2.05, 4.69) is 19.8 Å². The Bertz CT molecular complexity index is 999. The van der Waals surface area contributed by atoms with E-state index in [1.807, 2.05) is 7.05 Å². The average molecular weight is 408 g/mol. The Kier molecular flexibility index (Phi) is 4.53. The number of imidazole rings is 1. The SMILES string of the molecule is CCS(=O)(=O)N[C@@H]1C[C@H]2CN(C(=O)c3cn(C)cn3)C[C@@]2(c2nc(C)no2)C1. The number of aromatic nitrogens is 4. The molecule has 1 saturated carbocycles. The van der Waals surface area contributed by atoms with Crippen molar-refractivity contribution in [3.8, 4) is 0 Å². The molecular weight excluding hydrogens is 384 g/mol. The summed E-state index contributed by atoms with van der Waals surface area (Å²) in [6.45, 7) is 4.26. The first-order valence-electron chi connectivity index (χ1n) is 9.30. The fourth-order valence-corrected chi connectivity index (χ4v) is 5.32. The average Bonchev–Trinajstić information content (AvgIpc) is 3.37.